The molecule has 1 aliphatic rings. The van der Waals surface area contributed by atoms with E-state index in [0.717, 1.165) is 30.9 Å². The normalized spacial score (nSPS) is 17.1. The molecular formula is C17H15F2NO. The van der Waals surface area contributed by atoms with Crippen molar-refractivity contribution in [3.05, 3.63) is 70.8 Å². The molecule has 0 fully saturated rings. The molecule has 1 unspecified atom stereocenters. The van der Waals surface area contributed by atoms with Crippen molar-refractivity contribution in [1.29, 1.82) is 0 Å². The van der Waals surface area contributed by atoms with Gasteiger partial charge >= 0.3 is 0 Å². The molecule has 1 aliphatic carbocycles. The second kappa shape index (κ2) is 5.64. The van der Waals surface area contributed by atoms with Gasteiger partial charge in [-0.25, -0.2) is 8.78 Å². The van der Waals surface area contributed by atoms with E-state index in [1.54, 1.807) is 0 Å². The maximum absolute atomic E-state index is 13.7. The van der Waals surface area contributed by atoms with E-state index in [1.165, 1.54) is 17.7 Å². The van der Waals surface area contributed by atoms with Crippen molar-refractivity contribution in [1.82, 2.24) is 5.32 Å². The average molecular weight is 287 g/mol. The molecule has 21 heavy (non-hydrogen) atoms. The van der Waals surface area contributed by atoms with Crippen LogP contribution < -0.4 is 5.32 Å². The summed E-state index contributed by atoms with van der Waals surface area (Å²) in [4.78, 5) is 12.2. The number of amides is 1. The lowest BCUT2D eigenvalue weighted by Gasteiger charge is -2.26. The molecule has 1 amide bonds. The van der Waals surface area contributed by atoms with E-state index in [-0.39, 0.29) is 11.6 Å². The number of hydrogen-bond acceptors (Lipinski definition) is 1. The summed E-state index contributed by atoms with van der Waals surface area (Å²) < 4.78 is 26.9. The summed E-state index contributed by atoms with van der Waals surface area (Å²) in [6, 6.07) is 11.4. The molecule has 0 heterocycles. The number of nitrogens with one attached hydrogen (secondary N) is 1. The third-order valence-corrected chi connectivity index (χ3v) is 3.87. The quantitative estimate of drug-likeness (QED) is 0.895. The molecule has 108 valence electrons. The lowest BCUT2D eigenvalue weighted by Crippen LogP contribution is -2.31. The standard InChI is InChI=1S/C17H15F2NO/c18-14-9-4-8-13(16(14)19)17(21)20-15-10-3-6-11-5-1-2-7-12(11)15/h1-2,4-5,7-9,15H,3,6,10H2,(H,20,21). The van der Waals surface area contributed by atoms with Gasteiger partial charge in [-0.2, -0.15) is 0 Å². The predicted octanol–water partition coefficient (Wildman–Crippen LogP) is 3.77. The average Bonchev–Trinajstić information content (AvgIpc) is 2.50. The highest BCUT2D eigenvalue weighted by Gasteiger charge is 2.23. The lowest BCUT2D eigenvalue weighted by molar-refractivity contribution is 0.0927. The molecule has 1 atom stereocenters. The van der Waals surface area contributed by atoms with Crippen LogP contribution in [0.15, 0.2) is 42.5 Å². The summed E-state index contributed by atoms with van der Waals surface area (Å²) in [5, 5.41) is 2.81. The van der Waals surface area contributed by atoms with Gasteiger partial charge in [0.15, 0.2) is 11.6 Å². The van der Waals surface area contributed by atoms with Gasteiger partial charge in [-0.05, 0) is 42.5 Å². The van der Waals surface area contributed by atoms with Crippen LogP contribution in [-0.2, 0) is 6.42 Å². The Morgan fingerprint density at radius 3 is 2.76 bits per heavy atom. The molecule has 2 nitrogen and oxygen atoms in total. The monoisotopic (exact) mass is 287 g/mol. The molecule has 0 spiro atoms. The fourth-order valence-electron chi connectivity index (χ4n) is 2.82. The Kier molecular flexibility index (Phi) is 3.69. The minimum atomic E-state index is -1.10. The van der Waals surface area contributed by atoms with E-state index in [2.05, 4.69) is 5.32 Å². The first-order valence-electron chi connectivity index (χ1n) is 6.99. The topological polar surface area (TPSA) is 29.1 Å². The maximum atomic E-state index is 13.7. The van der Waals surface area contributed by atoms with Crippen LogP contribution in [0.5, 0.6) is 0 Å². The highest BCUT2D eigenvalue weighted by atomic mass is 19.2. The fraction of sp³-hybridized carbons (Fsp3) is 0.235. The Balaban J connectivity index is 1.85. The Bertz CT molecular complexity index is 684. The van der Waals surface area contributed by atoms with E-state index in [4.69, 9.17) is 0 Å². The molecule has 0 aliphatic heterocycles. The molecule has 0 bridgehead atoms. The third kappa shape index (κ3) is 2.66. The molecule has 3 rings (SSSR count). The van der Waals surface area contributed by atoms with Crippen molar-refractivity contribution in [2.45, 2.75) is 25.3 Å². The fourth-order valence-corrected chi connectivity index (χ4v) is 2.82. The van der Waals surface area contributed by atoms with Gasteiger partial charge in [-0.3, -0.25) is 4.79 Å². The zero-order valence-corrected chi connectivity index (χ0v) is 11.4. The van der Waals surface area contributed by atoms with E-state index < -0.39 is 17.5 Å². The second-order valence-corrected chi connectivity index (χ2v) is 5.22. The first kappa shape index (κ1) is 13.7. The van der Waals surface area contributed by atoms with Gasteiger partial charge in [0.1, 0.15) is 0 Å². The van der Waals surface area contributed by atoms with Crippen LogP contribution in [0.4, 0.5) is 8.78 Å². The van der Waals surface area contributed by atoms with E-state index in [0.29, 0.717) is 0 Å². The van der Waals surface area contributed by atoms with Crippen molar-refractivity contribution in [3.63, 3.8) is 0 Å². The number of carbonyl (C=O) groups is 1. The first-order chi connectivity index (χ1) is 10.2. The Morgan fingerprint density at radius 2 is 1.90 bits per heavy atom. The van der Waals surface area contributed by atoms with Crippen molar-refractivity contribution in [2.75, 3.05) is 0 Å². The minimum absolute atomic E-state index is 0.148. The SMILES string of the molecule is O=C(NC1CCCc2ccccc21)c1cccc(F)c1F. The Hall–Kier alpha value is -2.23. The van der Waals surface area contributed by atoms with Gasteiger partial charge in [0.05, 0.1) is 11.6 Å². The highest BCUT2D eigenvalue weighted by molar-refractivity contribution is 5.94. The van der Waals surface area contributed by atoms with Crippen LogP contribution in [0, 0.1) is 11.6 Å². The van der Waals surface area contributed by atoms with Gasteiger partial charge in [0.2, 0.25) is 0 Å². The molecule has 0 aromatic heterocycles. The number of hydrogen-bond donors (Lipinski definition) is 1. The molecule has 2 aromatic carbocycles. The zero-order chi connectivity index (χ0) is 14.8. The van der Waals surface area contributed by atoms with Crippen LogP contribution in [0.3, 0.4) is 0 Å². The van der Waals surface area contributed by atoms with Gasteiger partial charge in [-0.1, -0.05) is 30.3 Å². The lowest BCUT2D eigenvalue weighted by atomic mass is 9.87. The van der Waals surface area contributed by atoms with E-state index in [1.807, 2.05) is 24.3 Å². The van der Waals surface area contributed by atoms with Crippen molar-refractivity contribution >= 4 is 5.91 Å². The summed E-state index contributed by atoms with van der Waals surface area (Å²) in [6.45, 7) is 0. The van der Waals surface area contributed by atoms with Crippen molar-refractivity contribution in [3.8, 4) is 0 Å². The van der Waals surface area contributed by atoms with Crippen LogP contribution in [0.1, 0.15) is 40.4 Å². The molecule has 0 saturated heterocycles. The zero-order valence-electron chi connectivity index (χ0n) is 11.4. The number of aryl methyl sites for hydroxylation is 1. The summed E-state index contributed by atoms with van der Waals surface area (Å²) in [7, 11) is 0. The van der Waals surface area contributed by atoms with Gasteiger partial charge in [-0.15, -0.1) is 0 Å². The smallest absolute Gasteiger partial charge is 0.254 e. The van der Waals surface area contributed by atoms with E-state index in [9.17, 15) is 13.6 Å². The summed E-state index contributed by atoms with van der Waals surface area (Å²) in [6.07, 6.45) is 2.75. The highest BCUT2D eigenvalue weighted by Crippen LogP contribution is 2.29. The van der Waals surface area contributed by atoms with Crippen LogP contribution >= 0.6 is 0 Å². The molecule has 0 saturated carbocycles. The number of fused-ring (bicyclic) bond motifs is 1. The summed E-state index contributed by atoms with van der Waals surface area (Å²) in [5.41, 5.74) is 2.01. The van der Waals surface area contributed by atoms with Crippen LogP contribution in [-0.4, -0.2) is 5.91 Å². The first-order valence-corrected chi connectivity index (χ1v) is 6.99. The number of carbonyl (C=O) groups excluding carboxylic acids is 1. The molecule has 2 aromatic rings. The molecular weight excluding hydrogens is 272 g/mol. The van der Waals surface area contributed by atoms with Crippen LogP contribution in [0.25, 0.3) is 0 Å². The number of benzene rings is 2. The van der Waals surface area contributed by atoms with Gasteiger partial charge in [0, 0.05) is 0 Å². The number of halogens is 2. The third-order valence-electron chi connectivity index (χ3n) is 3.87. The molecule has 1 N–H and O–H groups in total. The van der Waals surface area contributed by atoms with Gasteiger partial charge < -0.3 is 5.32 Å². The maximum Gasteiger partial charge on any atom is 0.254 e. The second-order valence-electron chi connectivity index (χ2n) is 5.22. The summed E-state index contributed by atoms with van der Waals surface area (Å²) >= 11 is 0. The van der Waals surface area contributed by atoms with Crippen molar-refractivity contribution < 1.29 is 13.6 Å². The predicted molar refractivity (Wildman–Crippen MR) is 75.9 cm³/mol. The molecule has 4 heteroatoms. The minimum Gasteiger partial charge on any atom is -0.345 e. The van der Waals surface area contributed by atoms with E-state index >= 15 is 0 Å². The summed E-state index contributed by atoms with van der Waals surface area (Å²) in [5.74, 6) is -2.68. The Morgan fingerprint density at radius 1 is 1.10 bits per heavy atom. The molecule has 0 radical (unpaired) electrons. The van der Waals surface area contributed by atoms with Gasteiger partial charge in [0.25, 0.3) is 5.91 Å². The Labute approximate surface area is 121 Å². The number of rotatable bonds is 2. The van der Waals surface area contributed by atoms with Crippen LogP contribution in [0.2, 0.25) is 0 Å². The largest absolute Gasteiger partial charge is 0.345 e. The van der Waals surface area contributed by atoms with Crippen molar-refractivity contribution in [2.24, 2.45) is 0 Å².